The van der Waals surface area contributed by atoms with Gasteiger partial charge in [0.15, 0.2) is 0 Å². The van der Waals surface area contributed by atoms with Crippen LogP contribution < -0.4 is 17.1 Å². The van der Waals surface area contributed by atoms with Crippen LogP contribution >= 0.6 is 0 Å². The molecule has 0 radical (unpaired) electrons. The number of aromatic nitrogens is 2. The smallest absolute Gasteiger partial charge is 0.332 e. The maximum absolute atomic E-state index is 11.3. The lowest BCUT2D eigenvalue weighted by Gasteiger charge is -2.01. The summed E-state index contributed by atoms with van der Waals surface area (Å²) in [4.78, 5) is 24.7. The van der Waals surface area contributed by atoms with E-state index in [4.69, 9.17) is 5.84 Å². The summed E-state index contributed by atoms with van der Waals surface area (Å²) < 4.78 is 0.490. The number of H-pyrrole nitrogens is 1. The second-order valence-corrected chi connectivity index (χ2v) is 2.34. The summed E-state index contributed by atoms with van der Waals surface area (Å²) in [7, 11) is 0. The summed E-state index contributed by atoms with van der Waals surface area (Å²) in [6, 6.07) is 0. The van der Waals surface area contributed by atoms with Gasteiger partial charge in [0.2, 0.25) is 0 Å². The van der Waals surface area contributed by atoms with Crippen LogP contribution in [0.3, 0.4) is 0 Å². The predicted octanol–water partition coefficient (Wildman–Crippen LogP) is 0.563. The third kappa shape index (κ3) is 2.46. The molecular formula is C10H15N3O2. The molecule has 1 heterocycles. The van der Waals surface area contributed by atoms with E-state index >= 15 is 0 Å². The molecule has 0 atom stereocenters. The van der Waals surface area contributed by atoms with Crippen LogP contribution in [0.15, 0.2) is 22.7 Å². The van der Waals surface area contributed by atoms with Crippen molar-refractivity contribution < 1.29 is 0 Å². The Hall–Kier alpha value is -2.04. The number of nitrogens with two attached hydrogens (primary N) is 1. The van der Waals surface area contributed by atoms with Gasteiger partial charge in [-0.1, -0.05) is 33.1 Å². The molecule has 0 unspecified atom stereocenters. The van der Waals surface area contributed by atoms with Crippen molar-refractivity contribution in [3.8, 4) is 0 Å². The summed E-state index contributed by atoms with van der Waals surface area (Å²) in [5, 5.41) is 0. The maximum Gasteiger partial charge on any atom is 0.347 e. The molecule has 3 N–H and O–H groups in total. The number of hydrogen-bond donors (Lipinski definition) is 2. The summed E-state index contributed by atoms with van der Waals surface area (Å²) in [5.74, 6) is 5.16. The molecule has 1 aromatic heterocycles. The van der Waals surface area contributed by atoms with Gasteiger partial charge in [-0.05, 0) is 6.08 Å². The Bertz CT molecular complexity index is 469. The Kier molecular flexibility index (Phi) is 4.87. The molecule has 5 nitrogen and oxygen atoms in total. The first-order valence-corrected chi connectivity index (χ1v) is 4.51. The van der Waals surface area contributed by atoms with E-state index in [2.05, 4.69) is 18.1 Å². The van der Waals surface area contributed by atoms with Gasteiger partial charge in [-0.15, -0.1) is 0 Å². The van der Waals surface area contributed by atoms with Crippen LogP contribution in [0, 0.1) is 0 Å². The monoisotopic (exact) mass is 209 g/mol. The van der Waals surface area contributed by atoms with Crippen LogP contribution in [0.25, 0.3) is 12.2 Å². The van der Waals surface area contributed by atoms with Gasteiger partial charge in [-0.3, -0.25) is 4.79 Å². The van der Waals surface area contributed by atoms with Gasteiger partial charge in [-0.25, -0.2) is 4.79 Å². The molecule has 82 valence electrons. The molecule has 0 spiro atoms. The summed E-state index contributed by atoms with van der Waals surface area (Å²) in [6.07, 6.45) is 2.68. The van der Waals surface area contributed by atoms with Crippen molar-refractivity contribution in [1.29, 1.82) is 0 Å². The van der Waals surface area contributed by atoms with E-state index in [1.165, 1.54) is 12.2 Å². The van der Waals surface area contributed by atoms with Gasteiger partial charge >= 0.3 is 5.69 Å². The van der Waals surface area contributed by atoms with Gasteiger partial charge in [0, 0.05) is 0 Å². The van der Waals surface area contributed by atoms with E-state index in [1.54, 1.807) is 0 Å². The average Bonchev–Trinajstić information content (AvgIpc) is 2.28. The molecule has 15 heavy (non-hydrogen) atoms. The quantitative estimate of drug-likeness (QED) is 0.698. The fourth-order valence-electron chi connectivity index (χ4n) is 0.938. The first kappa shape index (κ1) is 13.0. The van der Waals surface area contributed by atoms with E-state index in [-0.39, 0.29) is 5.56 Å². The molecule has 0 amide bonds. The van der Waals surface area contributed by atoms with Gasteiger partial charge in [0.05, 0.1) is 11.3 Å². The highest BCUT2D eigenvalue weighted by atomic mass is 16.2. The minimum Gasteiger partial charge on any atom is -0.332 e. The molecule has 1 aromatic rings. The number of rotatable bonds is 2. The highest BCUT2D eigenvalue weighted by Gasteiger charge is 2.06. The van der Waals surface area contributed by atoms with Crippen molar-refractivity contribution in [2.75, 3.05) is 5.84 Å². The zero-order valence-electron chi connectivity index (χ0n) is 8.91. The number of nitrogen functional groups attached to an aromatic ring is 1. The molecule has 1 rings (SSSR count). The number of nitrogens with zero attached hydrogens (tertiary/aromatic N) is 1. The van der Waals surface area contributed by atoms with Crippen molar-refractivity contribution in [2.45, 2.75) is 13.8 Å². The third-order valence-corrected chi connectivity index (χ3v) is 1.61. The highest BCUT2D eigenvalue weighted by Crippen LogP contribution is 1.99. The van der Waals surface area contributed by atoms with Crippen molar-refractivity contribution in [3.05, 3.63) is 45.3 Å². The van der Waals surface area contributed by atoms with Crippen LogP contribution in [0.2, 0.25) is 0 Å². The van der Waals surface area contributed by atoms with E-state index in [1.807, 2.05) is 13.8 Å². The normalized spacial score (nSPS) is 8.67. The molecule has 0 fully saturated rings. The Morgan fingerprint density at radius 2 is 1.80 bits per heavy atom. The minimum absolute atomic E-state index is 0.233. The molecular weight excluding hydrogens is 194 g/mol. The fourth-order valence-corrected chi connectivity index (χ4v) is 0.938. The van der Waals surface area contributed by atoms with Gasteiger partial charge in [0.1, 0.15) is 0 Å². The summed E-state index contributed by atoms with van der Waals surface area (Å²) in [6.45, 7) is 10.9. The molecule has 0 saturated heterocycles. The molecule has 0 saturated carbocycles. The van der Waals surface area contributed by atoms with Crippen molar-refractivity contribution >= 4 is 12.2 Å². The third-order valence-electron chi connectivity index (χ3n) is 1.61. The largest absolute Gasteiger partial charge is 0.347 e. The Morgan fingerprint density at radius 3 is 2.20 bits per heavy atom. The van der Waals surface area contributed by atoms with E-state index in [0.29, 0.717) is 10.4 Å². The zero-order chi connectivity index (χ0) is 12.0. The SMILES string of the molecule is C=Cc1[nH]c(=O)n(N)c(=O)c1C=C.CC. The lowest BCUT2D eigenvalue weighted by Crippen LogP contribution is -2.42. The van der Waals surface area contributed by atoms with Crippen LogP contribution in [-0.2, 0) is 0 Å². The summed E-state index contributed by atoms with van der Waals surface area (Å²) >= 11 is 0. The van der Waals surface area contributed by atoms with Crippen LogP contribution in [0.1, 0.15) is 25.1 Å². The second kappa shape index (κ2) is 5.64. The van der Waals surface area contributed by atoms with E-state index in [0.717, 1.165) is 0 Å². The van der Waals surface area contributed by atoms with E-state index in [9.17, 15) is 9.59 Å². The first-order chi connectivity index (χ1) is 7.11. The topological polar surface area (TPSA) is 80.9 Å². The maximum atomic E-state index is 11.3. The average molecular weight is 209 g/mol. The molecule has 0 aliphatic rings. The molecule has 0 aliphatic carbocycles. The van der Waals surface area contributed by atoms with Crippen molar-refractivity contribution in [2.24, 2.45) is 0 Å². The standard InChI is InChI=1S/C8H9N3O2.C2H6/c1-3-5-6(4-2)10-8(13)11(9)7(5)12;1-2/h3-4H,1-2,9H2,(H,10,13);1-2H3. The lowest BCUT2D eigenvalue weighted by molar-refractivity contribution is 0.826. The number of nitrogens with one attached hydrogen (secondary N) is 1. The van der Waals surface area contributed by atoms with Crippen molar-refractivity contribution in [3.63, 3.8) is 0 Å². The molecule has 5 heteroatoms. The lowest BCUT2D eigenvalue weighted by atomic mass is 10.2. The molecule has 0 bridgehead atoms. The number of aromatic amines is 1. The van der Waals surface area contributed by atoms with Crippen molar-refractivity contribution in [1.82, 2.24) is 9.66 Å². The van der Waals surface area contributed by atoms with Gasteiger partial charge in [0.25, 0.3) is 5.56 Å². The predicted molar refractivity (Wildman–Crippen MR) is 63.0 cm³/mol. The highest BCUT2D eigenvalue weighted by molar-refractivity contribution is 5.59. The molecule has 0 aromatic carbocycles. The molecule has 0 aliphatic heterocycles. The second-order valence-electron chi connectivity index (χ2n) is 2.34. The Morgan fingerprint density at radius 1 is 1.27 bits per heavy atom. The zero-order valence-corrected chi connectivity index (χ0v) is 8.91. The Balaban J connectivity index is 0.000000921. The first-order valence-electron chi connectivity index (χ1n) is 4.51. The van der Waals surface area contributed by atoms with Crippen LogP contribution in [-0.4, -0.2) is 9.66 Å². The van der Waals surface area contributed by atoms with Crippen LogP contribution in [0.5, 0.6) is 0 Å². The Labute approximate surface area is 87.5 Å². The van der Waals surface area contributed by atoms with Gasteiger partial charge < -0.3 is 10.8 Å². The van der Waals surface area contributed by atoms with Crippen LogP contribution in [0.4, 0.5) is 0 Å². The minimum atomic E-state index is -0.675. The number of hydrogen-bond acceptors (Lipinski definition) is 3. The fraction of sp³-hybridized carbons (Fsp3) is 0.200. The van der Waals surface area contributed by atoms with Gasteiger partial charge in [-0.2, -0.15) is 4.68 Å². The summed E-state index contributed by atoms with van der Waals surface area (Å²) in [5.41, 5.74) is -0.706. The van der Waals surface area contributed by atoms with E-state index < -0.39 is 11.2 Å².